The third-order valence-corrected chi connectivity index (χ3v) is 5.12. The van der Waals surface area contributed by atoms with Crippen molar-refractivity contribution in [1.82, 2.24) is 16.1 Å². The maximum atomic E-state index is 12.7. The third-order valence-electron chi connectivity index (χ3n) is 5.12. The summed E-state index contributed by atoms with van der Waals surface area (Å²) in [6, 6.07) is 15.6. The Morgan fingerprint density at radius 3 is 2.18 bits per heavy atom. The van der Waals surface area contributed by atoms with Crippen molar-refractivity contribution in [1.29, 1.82) is 0 Å². The summed E-state index contributed by atoms with van der Waals surface area (Å²) in [6.45, 7) is 3.18. The van der Waals surface area contributed by atoms with Gasteiger partial charge < -0.3 is 10.6 Å². The molecule has 4 N–H and O–H groups in total. The lowest BCUT2D eigenvalue weighted by Crippen LogP contribution is -2.65. The fourth-order valence-corrected chi connectivity index (χ4v) is 3.41. The first-order chi connectivity index (χ1) is 13.1. The van der Waals surface area contributed by atoms with Crippen molar-refractivity contribution in [3.05, 3.63) is 59.7 Å². The number of aryl methyl sites for hydroxylation is 1. The van der Waals surface area contributed by atoms with Crippen LogP contribution < -0.4 is 16.1 Å². The molecule has 6 heteroatoms. The summed E-state index contributed by atoms with van der Waals surface area (Å²) in [5, 5.41) is 15.0. The Hall–Kier alpha value is -2.70. The zero-order valence-corrected chi connectivity index (χ0v) is 15.4. The molecule has 1 saturated heterocycles. The predicted molar refractivity (Wildman–Crippen MR) is 110 cm³/mol. The lowest BCUT2D eigenvalue weighted by molar-refractivity contribution is -0.136. The highest BCUT2D eigenvalue weighted by atomic mass is 16.5. The second-order valence-corrected chi connectivity index (χ2v) is 6.89. The SMILES string of the molecule is C.CCc1ccc(-c2ccc(C(=O)N[C@]3(C(=O)NO)CCCNC3)cc2)cc1. The minimum atomic E-state index is -1.14. The number of nitrogens with one attached hydrogen (secondary N) is 3. The van der Waals surface area contributed by atoms with Crippen molar-refractivity contribution in [2.24, 2.45) is 0 Å². The summed E-state index contributed by atoms with van der Waals surface area (Å²) in [5.74, 6) is -0.939. The normalized spacial score (nSPS) is 18.6. The first-order valence-corrected chi connectivity index (χ1v) is 9.25. The van der Waals surface area contributed by atoms with Crippen molar-refractivity contribution in [3.63, 3.8) is 0 Å². The Bertz CT molecular complexity index is 795. The van der Waals surface area contributed by atoms with Crippen LogP contribution in [0.5, 0.6) is 0 Å². The largest absolute Gasteiger partial charge is 0.336 e. The number of carbonyl (C=O) groups is 2. The van der Waals surface area contributed by atoms with E-state index in [1.54, 1.807) is 17.6 Å². The second-order valence-electron chi connectivity index (χ2n) is 6.89. The van der Waals surface area contributed by atoms with Gasteiger partial charge in [0.15, 0.2) is 0 Å². The van der Waals surface area contributed by atoms with Crippen LogP contribution in [0.25, 0.3) is 11.1 Å². The number of piperidine rings is 1. The summed E-state index contributed by atoms with van der Waals surface area (Å²) in [7, 11) is 0. The maximum absolute atomic E-state index is 12.7. The molecule has 0 aliphatic carbocycles. The molecule has 0 aromatic heterocycles. The van der Waals surface area contributed by atoms with Crippen LogP contribution in [0.4, 0.5) is 0 Å². The summed E-state index contributed by atoms with van der Waals surface area (Å²) in [6.07, 6.45) is 2.21. The Kier molecular flexibility index (Phi) is 7.31. The molecule has 1 aliphatic rings. The van der Waals surface area contributed by atoms with Crippen LogP contribution in [-0.2, 0) is 11.2 Å². The average Bonchev–Trinajstić information content (AvgIpc) is 2.74. The maximum Gasteiger partial charge on any atom is 0.270 e. The van der Waals surface area contributed by atoms with Gasteiger partial charge in [-0.2, -0.15) is 0 Å². The van der Waals surface area contributed by atoms with Gasteiger partial charge in [0.2, 0.25) is 0 Å². The number of benzene rings is 2. The molecule has 1 heterocycles. The molecule has 6 nitrogen and oxygen atoms in total. The van der Waals surface area contributed by atoms with E-state index in [1.807, 2.05) is 12.1 Å². The molecule has 150 valence electrons. The van der Waals surface area contributed by atoms with E-state index in [2.05, 4.69) is 41.8 Å². The van der Waals surface area contributed by atoms with E-state index in [-0.39, 0.29) is 19.9 Å². The highest BCUT2D eigenvalue weighted by Crippen LogP contribution is 2.22. The number of carbonyl (C=O) groups excluding carboxylic acids is 2. The van der Waals surface area contributed by atoms with Gasteiger partial charge >= 0.3 is 0 Å². The number of hydrogen-bond donors (Lipinski definition) is 4. The van der Waals surface area contributed by atoms with Crippen LogP contribution in [0.1, 0.15) is 43.1 Å². The van der Waals surface area contributed by atoms with Crippen LogP contribution in [-0.4, -0.2) is 35.7 Å². The molecule has 0 saturated carbocycles. The first-order valence-electron chi connectivity index (χ1n) is 9.25. The topological polar surface area (TPSA) is 90.5 Å². The van der Waals surface area contributed by atoms with Gasteiger partial charge in [0.1, 0.15) is 5.54 Å². The number of rotatable bonds is 5. The van der Waals surface area contributed by atoms with Crippen molar-refractivity contribution in [3.8, 4) is 11.1 Å². The molecule has 3 rings (SSSR count). The summed E-state index contributed by atoms with van der Waals surface area (Å²) in [5.41, 5.74) is 4.41. The molecule has 2 aromatic rings. The fraction of sp³-hybridized carbons (Fsp3) is 0.364. The number of amides is 2. The lowest BCUT2D eigenvalue weighted by Gasteiger charge is -2.36. The van der Waals surface area contributed by atoms with E-state index in [0.29, 0.717) is 12.0 Å². The Morgan fingerprint density at radius 1 is 1.07 bits per heavy atom. The van der Waals surface area contributed by atoms with Gasteiger partial charge in [-0.1, -0.05) is 50.7 Å². The van der Waals surface area contributed by atoms with Crippen molar-refractivity contribution in [2.45, 2.75) is 39.2 Å². The summed E-state index contributed by atoms with van der Waals surface area (Å²) >= 11 is 0. The standard InChI is InChI=1S/C21H25N3O3.CH4/c1-2-15-4-6-16(7-5-15)17-8-10-18(11-9-17)19(25)23-21(20(26)24-27)12-3-13-22-14-21;/h4-11,22,27H,2-3,12-14H2,1H3,(H,23,25)(H,24,26);1H4/t21-;/m1./s1. The van der Waals surface area contributed by atoms with E-state index in [9.17, 15) is 9.59 Å². The first kappa shape index (κ1) is 21.6. The van der Waals surface area contributed by atoms with Gasteiger partial charge in [0.05, 0.1) is 0 Å². The fourth-order valence-electron chi connectivity index (χ4n) is 3.41. The summed E-state index contributed by atoms with van der Waals surface area (Å²) < 4.78 is 0. The lowest BCUT2D eigenvalue weighted by atomic mass is 9.88. The molecule has 2 amide bonds. The molecule has 0 radical (unpaired) electrons. The van der Waals surface area contributed by atoms with Gasteiger partial charge in [0, 0.05) is 12.1 Å². The molecule has 2 aromatic carbocycles. The Morgan fingerprint density at radius 2 is 1.68 bits per heavy atom. The van der Waals surface area contributed by atoms with Crippen molar-refractivity contribution >= 4 is 11.8 Å². The molecule has 0 spiro atoms. The van der Waals surface area contributed by atoms with E-state index < -0.39 is 11.4 Å². The van der Waals surface area contributed by atoms with Crippen LogP contribution in [0.2, 0.25) is 0 Å². The van der Waals surface area contributed by atoms with E-state index in [4.69, 9.17) is 5.21 Å². The minimum Gasteiger partial charge on any atom is -0.336 e. The van der Waals surface area contributed by atoms with Gasteiger partial charge in [-0.3, -0.25) is 14.8 Å². The van der Waals surface area contributed by atoms with Crippen LogP contribution in [0.15, 0.2) is 48.5 Å². The van der Waals surface area contributed by atoms with E-state index >= 15 is 0 Å². The quantitative estimate of drug-likeness (QED) is 0.472. The molecule has 0 bridgehead atoms. The van der Waals surface area contributed by atoms with Crippen molar-refractivity contribution < 1.29 is 14.8 Å². The van der Waals surface area contributed by atoms with Crippen LogP contribution in [0, 0.1) is 0 Å². The molecular weight excluding hydrogens is 354 g/mol. The van der Waals surface area contributed by atoms with Crippen LogP contribution >= 0.6 is 0 Å². The highest BCUT2D eigenvalue weighted by molar-refractivity contribution is 5.99. The van der Waals surface area contributed by atoms with Gasteiger partial charge in [0.25, 0.3) is 11.8 Å². The average molecular weight is 383 g/mol. The van der Waals surface area contributed by atoms with Crippen molar-refractivity contribution in [2.75, 3.05) is 13.1 Å². The Labute approximate surface area is 166 Å². The second kappa shape index (κ2) is 9.48. The zero-order valence-electron chi connectivity index (χ0n) is 15.4. The molecular formula is C22H29N3O3. The monoisotopic (exact) mass is 383 g/mol. The molecule has 1 fully saturated rings. The predicted octanol–water partition coefficient (Wildman–Crippen LogP) is 2.91. The highest BCUT2D eigenvalue weighted by Gasteiger charge is 2.41. The van der Waals surface area contributed by atoms with E-state index in [0.717, 1.165) is 30.5 Å². The van der Waals surface area contributed by atoms with Gasteiger partial charge in [-0.05, 0) is 54.6 Å². The molecule has 28 heavy (non-hydrogen) atoms. The third kappa shape index (κ3) is 4.58. The number of hydroxylamine groups is 1. The van der Waals surface area contributed by atoms with E-state index in [1.165, 1.54) is 5.56 Å². The molecule has 1 atom stereocenters. The van der Waals surface area contributed by atoms with Gasteiger partial charge in [-0.15, -0.1) is 0 Å². The Balaban J connectivity index is 0.00000280. The summed E-state index contributed by atoms with van der Waals surface area (Å²) in [4.78, 5) is 24.8. The molecule has 1 aliphatic heterocycles. The molecule has 0 unspecified atom stereocenters. The van der Waals surface area contributed by atoms with Crippen LogP contribution in [0.3, 0.4) is 0 Å². The smallest absolute Gasteiger partial charge is 0.270 e. The minimum absolute atomic E-state index is 0. The zero-order chi connectivity index (χ0) is 19.3. The number of hydrogen-bond acceptors (Lipinski definition) is 4. The van der Waals surface area contributed by atoms with Gasteiger partial charge in [-0.25, -0.2) is 5.48 Å².